The number of hydrogen-bond acceptors (Lipinski definition) is 4. The fourth-order valence-electron chi connectivity index (χ4n) is 2.35. The predicted octanol–water partition coefficient (Wildman–Crippen LogP) is 4.45. The van der Waals surface area contributed by atoms with Gasteiger partial charge in [0.05, 0.1) is 25.3 Å². The summed E-state index contributed by atoms with van der Waals surface area (Å²) < 4.78 is 39.0. The van der Waals surface area contributed by atoms with Crippen LogP contribution >= 0.6 is 11.6 Å². The van der Waals surface area contributed by atoms with Crippen molar-refractivity contribution in [3.05, 3.63) is 52.5 Å². The highest BCUT2D eigenvalue weighted by molar-refractivity contribution is 6.32. The number of hydrogen-bond donors (Lipinski definition) is 1. The van der Waals surface area contributed by atoms with Crippen LogP contribution in [-0.4, -0.2) is 26.7 Å². The highest BCUT2D eigenvalue weighted by Crippen LogP contribution is 2.36. The van der Waals surface area contributed by atoms with Crippen LogP contribution in [0.25, 0.3) is 0 Å². The summed E-state index contributed by atoms with van der Waals surface area (Å²) in [5, 5.41) is 3.05. The highest BCUT2D eigenvalue weighted by Gasteiger charge is 2.17. The molecule has 0 heterocycles. The first-order valence-electron chi connectivity index (χ1n) is 7.62. The van der Waals surface area contributed by atoms with E-state index >= 15 is 0 Å². The molecule has 1 atom stereocenters. The van der Waals surface area contributed by atoms with Gasteiger partial charge in [-0.1, -0.05) is 23.7 Å². The molecule has 1 unspecified atom stereocenters. The van der Waals surface area contributed by atoms with E-state index in [9.17, 15) is 13.6 Å². The van der Waals surface area contributed by atoms with Gasteiger partial charge in [-0.3, -0.25) is 4.79 Å². The molecule has 1 N–H and O–H groups in total. The van der Waals surface area contributed by atoms with Crippen LogP contribution in [0.15, 0.2) is 36.4 Å². The summed E-state index contributed by atoms with van der Waals surface area (Å²) in [7, 11) is 2.90. The van der Waals surface area contributed by atoms with Gasteiger partial charge in [0.15, 0.2) is 11.5 Å². The molecule has 0 radical (unpaired) electrons. The van der Waals surface area contributed by atoms with Crippen molar-refractivity contribution in [1.29, 1.82) is 0 Å². The lowest BCUT2D eigenvalue weighted by molar-refractivity contribution is -0.0498. The van der Waals surface area contributed by atoms with Crippen molar-refractivity contribution >= 4 is 17.5 Å². The number of rotatable bonds is 7. The topological polar surface area (TPSA) is 56.8 Å². The first-order chi connectivity index (χ1) is 12.3. The van der Waals surface area contributed by atoms with Gasteiger partial charge in [0.1, 0.15) is 5.75 Å². The molecule has 8 heteroatoms. The summed E-state index contributed by atoms with van der Waals surface area (Å²) in [4.78, 5) is 12.5. The highest BCUT2D eigenvalue weighted by atomic mass is 35.5. The molecule has 0 aliphatic heterocycles. The zero-order valence-electron chi connectivity index (χ0n) is 14.4. The largest absolute Gasteiger partial charge is 0.493 e. The minimum atomic E-state index is -2.88. The van der Waals surface area contributed by atoms with Crippen LogP contribution in [0.2, 0.25) is 5.02 Å². The van der Waals surface area contributed by atoms with Crippen molar-refractivity contribution in [3.63, 3.8) is 0 Å². The molecule has 26 heavy (non-hydrogen) atoms. The molecule has 0 bridgehead atoms. The Morgan fingerprint density at radius 2 is 1.77 bits per heavy atom. The van der Waals surface area contributed by atoms with Crippen LogP contribution in [0, 0.1) is 0 Å². The van der Waals surface area contributed by atoms with Gasteiger partial charge in [0.2, 0.25) is 0 Å². The second kappa shape index (κ2) is 8.71. The van der Waals surface area contributed by atoms with E-state index in [1.54, 1.807) is 19.1 Å². The Labute approximate surface area is 154 Å². The smallest absolute Gasteiger partial charge is 0.387 e. The van der Waals surface area contributed by atoms with Crippen LogP contribution in [0.4, 0.5) is 8.78 Å². The fraction of sp³-hybridized carbons (Fsp3) is 0.278. The molecule has 0 aliphatic rings. The van der Waals surface area contributed by atoms with E-state index in [0.29, 0.717) is 17.1 Å². The molecule has 0 spiro atoms. The van der Waals surface area contributed by atoms with E-state index in [-0.39, 0.29) is 22.7 Å². The van der Waals surface area contributed by atoms with Crippen molar-refractivity contribution in [1.82, 2.24) is 5.32 Å². The number of benzene rings is 2. The van der Waals surface area contributed by atoms with Gasteiger partial charge < -0.3 is 19.5 Å². The quantitative estimate of drug-likeness (QED) is 0.765. The molecule has 140 valence electrons. The van der Waals surface area contributed by atoms with Gasteiger partial charge >= 0.3 is 6.61 Å². The molecule has 0 fully saturated rings. The summed E-state index contributed by atoms with van der Waals surface area (Å²) in [5.74, 6) is 0.363. The van der Waals surface area contributed by atoms with E-state index in [1.165, 1.54) is 38.5 Å². The Hall–Kier alpha value is -2.54. The Morgan fingerprint density at radius 3 is 2.31 bits per heavy atom. The van der Waals surface area contributed by atoms with Crippen molar-refractivity contribution < 1.29 is 27.8 Å². The number of halogens is 3. The number of carbonyl (C=O) groups excluding carboxylic acids is 1. The fourth-order valence-corrected chi connectivity index (χ4v) is 2.64. The summed E-state index contributed by atoms with van der Waals surface area (Å²) in [6.07, 6.45) is 0. The van der Waals surface area contributed by atoms with Gasteiger partial charge in [-0.2, -0.15) is 8.78 Å². The van der Waals surface area contributed by atoms with Crippen molar-refractivity contribution in [2.75, 3.05) is 14.2 Å². The Kier molecular flexibility index (Phi) is 6.63. The minimum absolute atomic E-state index is 0.0500. The van der Waals surface area contributed by atoms with Crippen LogP contribution in [0.1, 0.15) is 28.9 Å². The molecule has 2 aromatic rings. The summed E-state index contributed by atoms with van der Waals surface area (Å²) in [6.45, 7) is -1.11. The zero-order chi connectivity index (χ0) is 19.3. The second-order valence-corrected chi connectivity index (χ2v) is 5.74. The van der Waals surface area contributed by atoms with Crippen molar-refractivity contribution in [2.24, 2.45) is 0 Å². The first-order valence-corrected chi connectivity index (χ1v) is 8.00. The van der Waals surface area contributed by atoms with Gasteiger partial charge in [-0.15, -0.1) is 0 Å². The van der Waals surface area contributed by atoms with E-state index in [2.05, 4.69) is 10.1 Å². The average Bonchev–Trinajstić information content (AvgIpc) is 2.60. The molecule has 1 amide bonds. The summed E-state index contributed by atoms with van der Waals surface area (Å²) in [6, 6.07) is 8.66. The number of amides is 1. The average molecular weight is 386 g/mol. The number of ether oxygens (including phenoxy) is 3. The lowest BCUT2D eigenvalue weighted by atomic mass is 10.1. The lowest BCUT2D eigenvalue weighted by Crippen LogP contribution is -2.26. The maximum Gasteiger partial charge on any atom is 0.387 e. The maximum atomic E-state index is 12.5. The summed E-state index contributed by atoms with van der Waals surface area (Å²) in [5.41, 5.74) is 1.03. The van der Waals surface area contributed by atoms with E-state index in [0.717, 1.165) is 5.56 Å². The third-order valence-corrected chi connectivity index (χ3v) is 3.93. The Morgan fingerprint density at radius 1 is 1.12 bits per heavy atom. The molecule has 2 aromatic carbocycles. The maximum absolute atomic E-state index is 12.5. The van der Waals surface area contributed by atoms with Crippen LogP contribution in [0.5, 0.6) is 17.2 Å². The molecule has 2 rings (SSSR count). The lowest BCUT2D eigenvalue weighted by Gasteiger charge is -2.16. The van der Waals surface area contributed by atoms with Crippen LogP contribution in [-0.2, 0) is 0 Å². The van der Waals surface area contributed by atoms with Crippen molar-refractivity contribution in [3.8, 4) is 17.2 Å². The minimum Gasteiger partial charge on any atom is -0.493 e. The SMILES string of the molecule is COc1cc(C(=O)NC(C)c2ccc(OC(F)F)cc2)cc(Cl)c1OC. The van der Waals surface area contributed by atoms with Gasteiger partial charge in [0.25, 0.3) is 5.91 Å². The van der Waals surface area contributed by atoms with Gasteiger partial charge in [-0.05, 0) is 36.8 Å². The monoisotopic (exact) mass is 385 g/mol. The Balaban J connectivity index is 2.12. The molecule has 0 saturated heterocycles. The Bertz CT molecular complexity index is 769. The third kappa shape index (κ3) is 4.76. The standard InChI is InChI=1S/C18H18ClF2NO4/c1-10(11-4-6-13(7-5-11)26-18(20)21)22-17(23)12-8-14(19)16(25-3)15(9-12)24-2/h4-10,18H,1-3H3,(H,22,23). The number of methoxy groups -OCH3 is 2. The molecule has 0 aromatic heterocycles. The van der Waals surface area contributed by atoms with Gasteiger partial charge in [0, 0.05) is 5.56 Å². The summed E-state index contributed by atoms with van der Waals surface area (Å²) >= 11 is 6.11. The zero-order valence-corrected chi connectivity index (χ0v) is 15.1. The number of nitrogens with one attached hydrogen (secondary N) is 1. The van der Waals surface area contributed by atoms with E-state index in [1.807, 2.05) is 0 Å². The molecule has 5 nitrogen and oxygen atoms in total. The van der Waals surface area contributed by atoms with Crippen LogP contribution < -0.4 is 19.5 Å². The molecule has 0 saturated carbocycles. The number of carbonyl (C=O) groups is 1. The van der Waals surface area contributed by atoms with E-state index in [4.69, 9.17) is 21.1 Å². The van der Waals surface area contributed by atoms with Crippen molar-refractivity contribution in [2.45, 2.75) is 19.6 Å². The third-order valence-electron chi connectivity index (χ3n) is 3.65. The van der Waals surface area contributed by atoms with Gasteiger partial charge in [-0.25, -0.2) is 0 Å². The molecule has 0 aliphatic carbocycles. The van der Waals surface area contributed by atoms with Crippen LogP contribution in [0.3, 0.4) is 0 Å². The second-order valence-electron chi connectivity index (χ2n) is 5.34. The molecular formula is C18H18ClF2NO4. The predicted molar refractivity (Wildman–Crippen MR) is 93.5 cm³/mol. The first kappa shape index (κ1) is 19.8. The van der Waals surface area contributed by atoms with E-state index < -0.39 is 6.61 Å². The normalized spacial score (nSPS) is 11.8. The number of alkyl halides is 2. The molecular weight excluding hydrogens is 368 g/mol.